The van der Waals surface area contributed by atoms with Gasteiger partial charge in [-0.25, -0.2) is 4.39 Å². The molecule has 0 nitrogen and oxygen atoms in total. The third-order valence-electron chi connectivity index (χ3n) is 3.79. The Morgan fingerprint density at radius 3 is 2.48 bits per heavy atom. The molecule has 1 atom stereocenters. The van der Waals surface area contributed by atoms with Gasteiger partial charge < -0.3 is 0 Å². The molecule has 0 aromatic heterocycles. The van der Waals surface area contributed by atoms with Crippen LogP contribution in [0.25, 0.3) is 10.8 Å². The fourth-order valence-electron chi connectivity index (χ4n) is 2.49. The molecule has 0 saturated heterocycles. The Morgan fingerprint density at radius 2 is 1.71 bits per heavy atom. The van der Waals surface area contributed by atoms with E-state index in [2.05, 4.69) is 30.3 Å². The molecular weight excluding hydrogens is 283 g/mol. The van der Waals surface area contributed by atoms with Crippen molar-refractivity contribution in [3.63, 3.8) is 0 Å². The summed E-state index contributed by atoms with van der Waals surface area (Å²) >= 11 is 6.45. The van der Waals surface area contributed by atoms with E-state index in [1.807, 2.05) is 18.2 Å². The molecule has 1 unspecified atom stereocenters. The summed E-state index contributed by atoms with van der Waals surface area (Å²) in [5, 5.41) is 2.20. The minimum Gasteiger partial charge on any atom is -0.207 e. The van der Waals surface area contributed by atoms with E-state index in [4.69, 9.17) is 11.6 Å². The minimum absolute atomic E-state index is 0.198. The molecule has 0 bridgehead atoms. The largest absolute Gasteiger partial charge is 0.207 e. The Kier molecular flexibility index (Phi) is 3.94. The van der Waals surface area contributed by atoms with Crippen LogP contribution >= 0.6 is 11.6 Å². The number of halogens is 2. The third kappa shape index (κ3) is 3.08. The fourth-order valence-corrected chi connectivity index (χ4v) is 2.81. The first kappa shape index (κ1) is 14.1. The van der Waals surface area contributed by atoms with Gasteiger partial charge in [-0.05, 0) is 46.9 Å². The average Bonchev–Trinajstić information content (AvgIpc) is 2.50. The molecule has 0 spiro atoms. The molecule has 0 aliphatic rings. The maximum atomic E-state index is 13.6. The lowest BCUT2D eigenvalue weighted by Crippen LogP contribution is -1.97. The molecule has 3 aromatic carbocycles. The van der Waals surface area contributed by atoms with Crippen LogP contribution in [0.15, 0.2) is 60.7 Å². The van der Waals surface area contributed by atoms with Crippen LogP contribution in [0.2, 0.25) is 0 Å². The zero-order valence-electron chi connectivity index (χ0n) is 11.8. The van der Waals surface area contributed by atoms with Crippen LogP contribution in [0.4, 0.5) is 4.39 Å². The summed E-state index contributed by atoms with van der Waals surface area (Å²) in [4.78, 5) is 0. The van der Waals surface area contributed by atoms with Crippen LogP contribution in [-0.2, 0) is 6.42 Å². The average molecular weight is 299 g/mol. The highest BCUT2D eigenvalue weighted by Crippen LogP contribution is 2.27. The van der Waals surface area contributed by atoms with Crippen LogP contribution in [0.3, 0.4) is 0 Å². The molecule has 3 aromatic rings. The molecule has 0 radical (unpaired) electrons. The number of hydrogen-bond acceptors (Lipinski definition) is 0. The first-order valence-corrected chi connectivity index (χ1v) is 7.45. The van der Waals surface area contributed by atoms with Gasteiger partial charge in [0.15, 0.2) is 0 Å². The first-order chi connectivity index (χ1) is 10.1. The number of benzene rings is 3. The Labute approximate surface area is 129 Å². The van der Waals surface area contributed by atoms with Crippen molar-refractivity contribution < 1.29 is 4.39 Å². The lowest BCUT2D eigenvalue weighted by Gasteiger charge is -2.11. The lowest BCUT2D eigenvalue weighted by atomic mass is 10.00. The van der Waals surface area contributed by atoms with E-state index in [-0.39, 0.29) is 11.2 Å². The topological polar surface area (TPSA) is 0 Å². The number of alkyl halides is 1. The summed E-state index contributed by atoms with van der Waals surface area (Å²) in [5.74, 6) is -0.198. The number of rotatable bonds is 3. The van der Waals surface area contributed by atoms with E-state index in [1.165, 1.54) is 16.8 Å². The summed E-state index contributed by atoms with van der Waals surface area (Å²) in [6.45, 7) is 1.76. The second-order valence-corrected chi connectivity index (χ2v) is 5.89. The molecule has 0 fully saturated rings. The van der Waals surface area contributed by atoms with Gasteiger partial charge in [0.25, 0.3) is 0 Å². The second-order valence-electron chi connectivity index (χ2n) is 5.36. The normalized spacial score (nSPS) is 12.5. The third-order valence-corrected chi connectivity index (χ3v) is 4.19. The van der Waals surface area contributed by atoms with E-state index in [0.29, 0.717) is 12.0 Å². The summed E-state index contributed by atoms with van der Waals surface area (Å²) in [5.41, 5.74) is 2.64. The van der Waals surface area contributed by atoms with Crippen LogP contribution in [0.1, 0.15) is 22.1 Å². The minimum atomic E-state index is -0.221. The van der Waals surface area contributed by atoms with E-state index in [1.54, 1.807) is 13.0 Å². The molecule has 0 amide bonds. The zero-order valence-corrected chi connectivity index (χ0v) is 12.6. The highest BCUT2D eigenvalue weighted by atomic mass is 35.5. The van der Waals surface area contributed by atoms with Crippen LogP contribution in [0.5, 0.6) is 0 Å². The molecule has 106 valence electrons. The number of fused-ring (bicyclic) bond motifs is 1. The van der Waals surface area contributed by atoms with E-state index < -0.39 is 0 Å². The van der Waals surface area contributed by atoms with Gasteiger partial charge in [-0.2, -0.15) is 0 Å². The van der Waals surface area contributed by atoms with Crippen LogP contribution in [0, 0.1) is 12.7 Å². The van der Waals surface area contributed by atoms with Crippen molar-refractivity contribution in [1.82, 2.24) is 0 Å². The van der Waals surface area contributed by atoms with Gasteiger partial charge in [0.1, 0.15) is 5.82 Å². The van der Waals surface area contributed by atoms with E-state index in [9.17, 15) is 4.39 Å². The molecule has 0 aliphatic carbocycles. The predicted octanol–water partition coefficient (Wildman–Crippen LogP) is 5.81. The molecule has 3 rings (SSSR count). The predicted molar refractivity (Wildman–Crippen MR) is 87.4 cm³/mol. The van der Waals surface area contributed by atoms with Crippen molar-refractivity contribution in [3.8, 4) is 0 Å². The molecule has 0 aliphatic heterocycles. The van der Waals surface area contributed by atoms with Crippen molar-refractivity contribution >= 4 is 22.4 Å². The second kappa shape index (κ2) is 5.87. The maximum Gasteiger partial charge on any atom is 0.126 e. The number of hydrogen-bond donors (Lipinski definition) is 0. The quantitative estimate of drug-likeness (QED) is 0.535. The van der Waals surface area contributed by atoms with Gasteiger partial charge in [0.2, 0.25) is 0 Å². The summed E-state index contributed by atoms with van der Waals surface area (Å²) in [6.07, 6.45) is 0.689. The molecule has 0 saturated carbocycles. The smallest absolute Gasteiger partial charge is 0.126 e. The maximum absolute atomic E-state index is 13.6. The molecule has 0 N–H and O–H groups in total. The lowest BCUT2D eigenvalue weighted by molar-refractivity contribution is 0.615. The standard InChI is InChI=1S/C19H16ClF/c1-13-6-8-17(12-19(13)21)18(20)11-14-7-9-15-4-2-3-5-16(15)10-14/h2-10,12,18H,11H2,1H3. The van der Waals surface area contributed by atoms with Gasteiger partial charge in [-0.15, -0.1) is 11.6 Å². The monoisotopic (exact) mass is 298 g/mol. The zero-order chi connectivity index (χ0) is 14.8. The van der Waals surface area contributed by atoms with Gasteiger partial charge in [-0.3, -0.25) is 0 Å². The fraction of sp³-hybridized carbons (Fsp3) is 0.158. The van der Waals surface area contributed by atoms with Crippen molar-refractivity contribution in [1.29, 1.82) is 0 Å². The molecule has 0 heterocycles. The van der Waals surface area contributed by atoms with E-state index in [0.717, 1.165) is 11.1 Å². The van der Waals surface area contributed by atoms with Gasteiger partial charge in [-0.1, -0.05) is 54.6 Å². The number of aryl methyl sites for hydroxylation is 1. The molecule has 2 heteroatoms. The highest BCUT2D eigenvalue weighted by molar-refractivity contribution is 6.20. The Morgan fingerprint density at radius 1 is 0.952 bits per heavy atom. The summed E-state index contributed by atoms with van der Waals surface area (Å²) in [7, 11) is 0. The van der Waals surface area contributed by atoms with Gasteiger partial charge in [0, 0.05) is 0 Å². The van der Waals surface area contributed by atoms with Crippen molar-refractivity contribution in [3.05, 3.63) is 83.2 Å². The van der Waals surface area contributed by atoms with Crippen molar-refractivity contribution in [2.24, 2.45) is 0 Å². The first-order valence-electron chi connectivity index (χ1n) is 7.01. The Bertz CT molecular complexity index is 779. The summed E-state index contributed by atoms with van der Waals surface area (Å²) < 4.78 is 13.6. The molecular formula is C19H16ClF. The van der Waals surface area contributed by atoms with Crippen molar-refractivity contribution in [2.75, 3.05) is 0 Å². The Balaban J connectivity index is 1.85. The van der Waals surface area contributed by atoms with E-state index >= 15 is 0 Å². The summed E-state index contributed by atoms with van der Waals surface area (Å²) in [6, 6.07) is 19.8. The molecule has 21 heavy (non-hydrogen) atoms. The Hall–Kier alpha value is -1.86. The van der Waals surface area contributed by atoms with Crippen molar-refractivity contribution in [2.45, 2.75) is 18.7 Å². The highest BCUT2D eigenvalue weighted by Gasteiger charge is 2.11. The van der Waals surface area contributed by atoms with Gasteiger partial charge >= 0.3 is 0 Å². The van der Waals surface area contributed by atoms with Gasteiger partial charge in [0.05, 0.1) is 5.38 Å². The SMILES string of the molecule is Cc1ccc(C(Cl)Cc2ccc3ccccc3c2)cc1F. The van der Waals surface area contributed by atoms with Crippen LogP contribution < -0.4 is 0 Å². The van der Waals surface area contributed by atoms with Crippen LogP contribution in [-0.4, -0.2) is 0 Å².